The third-order valence-corrected chi connectivity index (χ3v) is 3.23. The van der Waals surface area contributed by atoms with Gasteiger partial charge in [-0.2, -0.15) is 0 Å². The number of hydrogen-bond donors (Lipinski definition) is 2. The molecule has 6 nitrogen and oxygen atoms in total. The predicted octanol–water partition coefficient (Wildman–Crippen LogP) is 2.01. The third kappa shape index (κ3) is 6.47. The number of methoxy groups -OCH3 is 2. The van der Waals surface area contributed by atoms with E-state index in [1.165, 1.54) is 0 Å². The Labute approximate surface area is 130 Å². The number of carbonyl (C=O) groups excluding carboxylic acids is 1. The summed E-state index contributed by atoms with van der Waals surface area (Å²) >= 11 is 0. The van der Waals surface area contributed by atoms with E-state index in [0.717, 1.165) is 17.1 Å². The van der Waals surface area contributed by atoms with Gasteiger partial charge in [0.25, 0.3) is 0 Å². The van der Waals surface area contributed by atoms with Crippen molar-refractivity contribution in [2.45, 2.75) is 32.1 Å². The fourth-order valence-electron chi connectivity index (χ4n) is 2.07. The van der Waals surface area contributed by atoms with Gasteiger partial charge in [0.05, 0.1) is 14.2 Å². The number of aryl methyl sites for hydroxylation is 1. The normalized spacial score (nSPS) is 10.1. The zero-order valence-corrected chi connectivity index (χ0v) is 13.1. The molecule has 1 rings (SSSR count). The number of ether oxygens (including phenoxy) is 2. The molecule has 2 N–H and O–H groups in total. The van der Waals surface area contributed by atoms with Crippen LogP contribution in [-0.2, 0) is 16.0 Å². The van der Waals surface area contributed by atoms with Gasteiger partial charge in [-0.3, -0.25) is 9.59 Å². The van der Waals surface area contributed by atoms with Crippen molar-refractivity contribution >= 4 is 11.9 Å². The van der Waals surface area contributed by atoms with Gasteiger partial charge in [0.1, 0.15) is 11.5 Å². The molecule has 22 heavy (non-hydrogen) atoms. The van der Waals surface area contributed by atoms with Gasteiger partial charge in [0, 0.05) is 19.4 Å². The van der Waals surface area contributed by atoms with E-state index in [1.54, 1.807) is 14.2 Å². The largest absolute Gasteiger partial charge is 0.497 e. The summed E-state index contributed by atoms with van der Waals surface area (Å²) in [4.78, 5) is 22.0. The highest BCUT2D eigenvalue weighted by atomic mass is 16.5. The van der Waals surface area contributed by atoms with Crippen LogP contribution in [0.1, 0.15) is 31.2 Å². The number of carbonyl (C=O) groups is 2. The van der Waals surface area contributed by atoms with Crippen LogP contribution in [0.3, 0.4) is 0 Å². The van der Waals surface area contributed by atoms with Crippen molar-refractivity contribution in [3.63, 3.8) is 0 Å². The summed E-state index contributed by atoms with van der Waals surface area (Å²) < 4.78 is 10.5. The van der Waals surface area contributed by atoms with Crippen LogP contribution in [0, 0.1) is 0 Å². The first-order valence-corrected chi connectivity index (χ1v) is 7.26. The smallest absolute Gasteiger partial charge is 0.303 e. The Morgan fingerprint density at radius 1 is 1.14 bits per heavy atom. The van der Waals surface area contributed by atoms with Gasteiger partial charge in [-0.25, -0.2) is 0 Å². The topological polar surface area (TPSA) is 84.9 Å². The van der Waals surface area contributed by atoms with E-state index >= 15 is 0 Å². The maximum Gasteiger partial charge on any atom is 0.303 e. The molecule has 0 bridgehead atoms. The number of nitrogens with one attached hydrogen (secondary N) is 1. The van der Waals surface area contributed by atoms with Crippen LogP contribution in [0.2, 0.25) is 0 Å². The summed E-state index contributed by atoms with van der Waals surface area (Å²) in [5.41, 5.74) is 1.00. The fraction of sp³-hybridized carbons (Fsp3) is 0.500. The first kappa shape index (κ1) is 17.8. The monoisotopic (exact) mass is 309 g/mol. The van der Waals surface area contributed by atoms with Crippen LogP contribution in [0.4, 0.5) is 0 Å². The molecule has 6 heteroatoms. The molecule has 0 fully saturated rings. The summed E-state index contributed by atoms with van der Waals surface area (Å²) in [5, 5.41) is 11.2. The van der Waals surface area contributed by atoms with Gasteiger partial charge in [-0.1, -0.05) is 0 Å². The van der Waals surface area contributed by atoms with E-state index in [-0.39, 0.29) is 12.3 Å². The highest BCUT2D eigenvalue weighted by Crippen LogP contribution is 2.25. The van der Waals surface area contributed by atoms with Crippen LogP contribution in [0.5, 0.6) is 11.5 Å². The minimum atomic E-state index is -0.848. The summed E-state index contributed by atoms with van der Waals surface area (Å²) in [6, 6.07) is 5.58. The lowest BCUT2D eigenvalue weighted by atomic mass is 10.1. The number of benzene rings is 1. The minimum absolute atomic E-state index is 0.0627. The van der Waals surface area contributed by atoms with Crippen molar-refractivity contribution in [1.29, 1.82) is 0 Å². The van der Waals surface area contributed by atoms with E-state index in [1.807, 2.05) is 18.2 Å². The summed E-state index contributed by atoms with van der Waals surface area (Å²) in [6.07, 6.45) is 2.32. The first-order chi connectivity index (χ1) is 10.6. The van der Waals surface area contributed by atoms with Crippen LogP contribution < -0.4 is 14.8 Å². The van der Waals surface area contributed by atoms with Gasteiger partial charge in [0.2, 0.25) is 5.91 Å². The van der Waals surface area contributed by atoms with Crippen molar-refractivity contribution in [2.75, 3.05) is 20.8 Å². The molecular weight excluding hydrogens is 286 g/mol. The molecule has 1 aromatic carbocycles. The zero-order valence-electron chi connectivity index (χ0n) is 13.1. The maximum absolute atomic E-state index is 11.6. The third-order valence-electron chi connectivity index (χ3n) is 3.23. The molecule has 0 aliphatic carbocycles. The zero-order chi connectivity index (χ0) is 16.4. The second-order valence-electron chi connectivity index (χ2n) is 4.88. The number of hydrogen-bond acceptors (Lipinski definition) is 4. The molecular formula is C16H23NO5. The number of rotatable bonds is 10. The van der Waals surface area contributed by atoms with Gasteiger partial charge >= 0.3 is 5.97 Å². The molecule has 122 valence electrons. The molecule has 1 aromatic rings. The first-order valence-electron chi connectivity index (χ1n) is 7.26. The minimum Gasteiger partial charge on any atom is -0.497 e. The second kappa shape index (κ2) is 9.65. The highest BCUT2D eigenvalue weighted by Gasteiger charge is 2.07. The molecule has 0 unspecified atom stereocenters. The van der Waals surface area contributed by atoms with Gasteiger partial charge in [0.15, 0.2) is 0 Å². The standard InChI is InChI=1S/C16H23NO5/c1-21-13-8-9-14(22-2)12(11-13)5-3-6-15(18)17-10-4-7-16(19)20/h8-9,11H,3-7,10H2,1-2H3,(H,17,18)(H,19,20). The molecule has 0 aromatic heterocycles. The SMILES string of the molecule is COc1ccc(OC)c(CCCC(=O)NCCCC(=O)O)c1. The van der Waals surface area contributed by atoms with Crippen molar-refractivity contribution in [3.05, 3.63) is 23.8 Å². The lowest BCUT2D eigenvalue weighted by Crippen LogP contribution is -2.24. The van der Waals surface area contributed by atoms with Crippen LogP contribution in [0.25, 0.3) is 0 Å². The molecule has 1 amide bonds. The fourth-order valence-corrected chi connectivity index (χ4v) is 2.07. The molecule has 0 spiro atoms. The van der Waals surface area contributed by atoms with Crippen LogP contribution >= 0.6 is 0 Å². The molecule has 0 saturated carbocycles. The Balaban J connectivity index is 2.34. The average Bonchev–Trinajstić information content (AvgIpc) is 2.51. The molecule has 0 heterocycles. The summed E-state index contributed by atoms with van der Waals surface area (Å²) in [7, 11) is 3.22. The quantitative estimate of drug-likeness (QED) is 0.646. The lowest BCUT2D eigenvalue weighted by molar-refractivity contribution is -0.137. The van der Waals surface area contributed by atoms with Crippen molar-refractivity contribution < 1.29 is 24.2 Å². The second-order valence-corrected chi connectivity index (χ2v) is 4.88. The molecule has 0 aliphatic heterocycles. The number of aliphatic carboxylic acids is 1. The maximum atomic E-state index is 11.6. The predicted molar refractivity (Wildman–Crippen MR) is 82.4 cm³/mol. The van der Waals surface area contributed by atoms with E-state index < -0.39 is 5.97 Å². The van der Waals surface area contributed by atoms with Crippen LogP contribution in [-0.4, -0.2) is 37.7 Å². The Morgan fingerprint density at radius 2 is 1.91 bits per heavy atom. The van der Waals surface area contributed by atoms with E-state index in [9.17, 15) is 9.59 Å². The van der Waals surface area contributed by atoms with Gasteiger partial charge in [-0.05, 0) is 43.0 Å². The highest BCUT2D eigenvalue weighted by molar-refractivity contribution is 5.75. The van der Waals surface area contributed by atoms with E-state index in [2.05, 4.69) is 5.32 Å². The Morgan fingerprint density at radius 3 is 2.55 bits per heavy atom. The van der Waals surface area contributed by atoms with Gasteiger partial charge < -0.3 is 19.9 Å². The van der Waals surface area contributed by atoms with Crippen molar-refractivity contribution in [1.82, 2.24) is 5.32 Å². The Hall–Kier alpha value is -2.24. The van der Waals surface area contributed by atoms with E-state index in [0.29, 0.717) is 32.2 Å². The lowest BCUT2D eigenvalue weighted by Gasteiger charge is -2.10. The van der Waals surface area contributed by atoms with Crippen LogP contribution in [0.15, 0.2) is 18.2 Å². The van der Waals surface area contributed by atoms with Gasteiger partial charge in [-0.15, -0.1) is 0 Å². The molecule has 0 aliphatic rings. The Bertz CT molecular complexity index is 501. The summed E-state index contributed by atoms with van der Waals surface area (Å²) in [6.45, 7) is 0.396. The molecule has 0 atom stereocenters. The summed E-state index contributed by atoms with van der Waals surface area (Å²) in [5.74, 6) is 0.628. The molecule has 0 saturated heterocycles. The van der Waals surface area contributed by atoms with E-state index in [4.69, 9.17) is 14.6 Å². The van der Waals surface area contributed by atoms with Crippen molar-refractivity contribution in [2.24, 2.45) is 0 Å². The number of amides is 1. The number of carboxylic acid groups (broad SMARTS) is 1. The molecule has 0 radical (unpaired) electrons. The average molecular weight is 309 g/mol. The van der Waals surface area contributed by atoms with Crippen molar-refractivity contribution in [3.8, 4) is 11.5 Å². The Kier molecular flexibility index (Phi) is 7.81. The number of carboxylic acids is 1.